The number of ether oxygens (including phenoxy) is 1. The van der Waals surface area contributed by atoms with E-state index in [-0.39, 0.29) is 6.09 Å². The van der Waals surface area contributed by atoms with Gasteiger partial charge in [0.25, 0.3) is 0 Å². The molecule has 3 rings (SSSR count). The van der Waals surface area contributed by atoms with E-state index in [9.17, 15) is 4.79 Å². The average Bonchev–Trinajstić information content (AvgIpc) is 3.05. The van der Waals surface area contributed by atoms with E-state index in [4.69, 9.17) is 4.74 Å². The number of H-pyrrole nitrogens is 1. The van der Waals surface area contributed by atoms with Crippen LogP contribution in [0.15, 0.2) is 30.5 Å². The largest absolute Gasteiger partial charge is 0.444 e. The number of hydrogen-bond donors (Lipinski definition) is 1. The number of benzene rings is 1. The van der Waals surface area contributed by atoms with Crippen LogP contribution in [0.5, 0.6) is 0 Å². The maximum Gasteiger partial charge on any atom is 0.410 e. The Morgan fingerprint density at radius 3 is 2.95 bits per heavy atom. The van der Waals surface area contributed by atoms with Gasteiger partial charge in [-0.1, -0.05) is 18.2 Å². The number of aromatic amines is 1. The molecule has 5 heteroatoms. The van der Waals surface area contributed by atoms with Gasteiger partial charge in [0.05, 0.1) is 11.7 Å². The summed E-state index contributed by atoms with van der Waals surface area (Å²) in [5.74, 6) is 0. The molecule has 0 unspecified atom stereocenters. The van der Waals surface area contributed by atoms with Gasteiger partial charge in [-0.3, -0.25) is 5.10 Å². The quantitative estimate of drug-likeness (QED) is 0.875. The predicted molar refractivity (Wildman–Crippen MR) is 81.9 cm³/mol. The molecule has 0 radical (unpaired) electrons. The van der Waals surface area contributed by atoms with Gasteiger partial charge in [0.1, 0.15) is 5.60 Å². The SMILES string of the molecule is CC(C)(C)OC(=O)N1CC=C(c2cccc3[nH]ncc23)C1. The minimum atomic E-state index is -0.468. The molecule has 1 aromatic heterocycles. The van der Waals surface area contributed by atoms with E-state index in [0.29, 0.717) is 13.1 Å². The van der Waals surface area contributed by atoms with E-state index < -0.39 is 5.60 Å². The van der Waals surface area contributed by atoms with Crippen molar-refractivity contribution in [1.29, 1.82) is 0 Å². The van der Waals surface area contributed by atoms with Gasteiger partial charge in [-0.05, 0) is 38.0 Å². The smallest absolute Gasteiger partial charge is 0.410 e. The highest BCUT2D eigenvalue weighted by Crippen LogP contribution is 2.28. The summed E-state index contributed by atoms with van der Waals surface area (Å²) >= 11 is 0. The molecule has 21 heavy (non-hydrogen) atoms. The highest BCUT2D eigenvalue weighted by Gasteiger charge is 2.26. The number of hydrogen-bond acceptors (Lipinski definition) is 3. The summed E-state index contributed by atoms with van der Waals surface area (Å²) in [6.07, 6.45) is 3.63. The molecule has 1 aromatic carbocycles. The molecule has 0 saturated carbocycles. The van der Waals surface area contributed by atoms with Gasteiger partial charge in [-0.15, -0.1) is 0 Å². The lowest BCUT2D eigenvalue weighted by atomic mass is 10.0. The number of amides is 1. The first-order valence-corrected chi connectivity index (χ1v) is 7.03. The fourth-order valence-electron chi connectivity index (χ4n) is 2.46. The van der Waals surface area contributed by atoms with Gasteiger partial charge < -0.3 is 9.64 Å². The summed E-state index contributed by atoms with van der Waals surface area (Å²) in [6, 6.07) is 6.04. The molecule has 1 aliphatic heterocycles. The molecule has 5 nitrogen and oxygen atoms in total. The second kappa shape index (κ2) is 4.91. The maximum absolute atomic E-state index is 12.1. The highest BCUT2D eigenvalue weighted by atomic mass is 16.6. The van der Waals surface area contributed by atoms with E-state index in [1.807, 2.05) is 39.1 Å². The van der Waals surface area contributed by atoms with Gasteiger partial charge in [0.15, 0.2) is 0 Å². The summed E-state index contributed by atoms with van der Waals surface area (Å²) < 4.78 is 5.41. The molecule has 0 bridgehead atoms. The second-order valence-corrected chi connectivity index (χ2v) is 6.23. The Labute approximate surface area is 123 Å². The third-order valence-corrected chi connectivity index (χ3v) is 3.40. The lowest BCUT2D eigenvalue weighted by Gasteiger charge is -2.24. The van der Waals surface area contributed by atoms with Crippen molar-refractivity contribution in [1.82, 2.24) is 15.1 Å². The van der Waals surface area contributed by atoms with Crippen molar-refractivity contribution < 1.29 is 9.53 Å². The number of fused-ring (bicyclic) bond motifs is 1. The van der Waals surface area contributed by atoms with Crippen LogP contribution in [0.3, 0.4) is 0 Å². The Hall–Kier alpha value is -2.30. The van der Waals surface area contributed by atoms with Crippen molar-refractivity contribution in [3.63, 3.8) is 0 Å². The third-order valence-electron chi connectivity index (χ3n) is 3.40. The maximum atomic E-state index is 12.1. The minimum absolute atomic E-state index is 0.270. The van der Waals surface area contributed by atoms with Crippen LogP contribution in [0.1, 0.15) is 26.3 Å². The fourth-order valence-corrected chi connectivity index (χ4v) is 2.46. The van der Waals surface area contributed by atoms with Crippen LogP contribution >= 0.6 is 0 Å². The molecule has 1 amide bonds. The summed E-state index contributed by atoms with van der Waals surface area (Å²) in [5.41, 5.74) is 2.79. The van der Waals surface area contributed by atoms with Crippen LogP contribution < -0.4 is 0 Å². The van der Waals surface area contributed by atoms with E-state index in [2.05, 4.69) is 22.3 Å². The van der Waals surface area contributed by atoms with E-state index >= 15 is 0 Å². The first-order chi connectivity index (χ1) is 9.94. The Morgan fingerprint density at radius 1 is 1.38 bits per heavy atom. The first-order valence-electron chi connectivity index (χ1n) is 7.03. The molecule has 0 fully saturated rings. The molecule has 1 aliphatic rings. The zero-order chi connectivity index (χ0) is 15.0. The Kier molecular flexibility index (Phi) is 3.20. The van der Waals surface area contributed by atoms with Crippen molar-refractivity contribution in [2.24, 2.45) is 0 Å². The normalized spacial score (nSPS) is 15.4. The van der Waals surface area contributed by atoms with Gasteiger partial charge >= 0.3 is 6.09 Å². The molecule has 0 saturated heterocycles. The molecule has 0 atom stereocenters. The number of rotatable bonds is 1. The number of nitrogens with zero attached hydrogens (tertiary/aromatic N) is 2. The summed E-state index contributed by atoms with van der Waals surface area (Å²) in [7, 11) is 0. The Bertz CT molecular complexity index is 710. The minimum Gasteiger partial charge on any atom is -0.444 e. The molecular weight excluding hydrogens is 266 g/mol. The molecule has 0 aliphatic carbocycles. The van der Waals surface area contributed by atoms with Crippen LogP contribution in [0, 0.1) is 0 Å². The Balaban J connectivity index is 1.78. The standard InChI is InChI=1S/C16H19N3O2/c1-16(2,3)21-15(20)19-8-7-11(10-19)12-5-4-6-14-13(12)9-17-18-14/h4-7,9H,8,10H2,1-3H3,(H,17,18). The summed E-state index contributed by atoms with van der Waals surface area (Å²) in [4.78, 5) is 13.8. The second-order valence-electron chi connectivity index (χ2n) is 6.23. The molecule has 0 spiro atoms. The summed E-state index contributed by atoms with van der Waals surface area (Å²) in [6.45, 7) is 6.78. The monoisotopic (exact) mass is 285 g/mol. The van der Waals surface area contributed by atoms with Crippen LogP contribution in [0.2, 0.25) is 0 Å². The van der Waals surface area contributed by atoms with Crippen LogP contribution in [0.25, 0.3) is 16.5 Å². The first kappa shape index (κ1) is 13.7. The Morgan fingerprint density at radius 2 is 2.19 bits per heavy atom. The number of carbonyl (C=O) groups is 1. The fraction of sp³-hybridized carbons (Fsp3) is 0.375. The molecule has 2 heterocycles. The number of aromatic nitrogens is 2. The number of nitrogens with one attached hydrogen (secondary N) is 1. The molecule has 2 aromatic rings. The van der Waals surface area contributed by atoms with Crippen molar-refractivity contribution in [3.8, 4) is 0 Å². The average molecular weight is 285 g/mol. The van der Waals surface area contributed by atoms with Crippen LogP contribution in [-0.2, 0) is 4.74 Å². The number of carbonyl (C=O) groups excluding carboxylic acids is 1. The topological polar surface area (TPSA) is 58.2 Å². The predicted octanol–water partition coefficient (Wildman–Crippen LogP) is 3.20. The van der Waals surface area contributed by atoms with Crippen LogP contribution in [0.4, 0.5) is 4.79 Å². The van der Waals surface area contributed by atoms with Crippen molar-refractivity contribution >= 4 is 22.6 Å². The van der Waals surface area contributed by atoms with Crippen molar-refractivity contribution in [2.75, 3.05) is 13.1 Å². The van der Waals surface area contributed by atoms with E-state index in [1.54, 1.807) is 4.90 Å². The third kappa shape index (κ3) is 2.77. The molecule has 110 valence electrons. The molecule has 1 N–H and O–H groups in total. The van der Waals surface area contributed by atoms with E-state index in [1.165, 1.54) is 0 Å². The van der Waals surface area contributed by atoms with Crippen molar-refractivity contribution in [3.05, 3.63) is 36.0 Å². The highest BCUT2D eigenvalue weighted by molar-refractivity contribution is 5.93. The van der Waals surface area contributed by atoms with Gasteiger partial charge in [-0.25, -0.2) is 4.79 Å². The lowest BCUT2D eigenvalue weighted by molar-refractivity contribution is 0.0306. The summed E-state index contributed by atoms with van der Waals surface area (Å²) in [5, 5.41) is 8.12. The zero-order valence-corrected chi connectivity index (χ0v) is 12.5. The van der Waals surface area contributed by atoms with Gasteiger partial charge in [0.2, 0.25) is 0 Å². The lowest BCUT2D eigenvalue weighted by Crippen LogP contribution is -2.35. The molecular formula is C16H19N3O2. The van der Waals surface area contributed by atoms with Crippen molar-refractivity contribution in [2.45, 2.75) is 26.4 Å². The van der Waals surface area contributed by atoms with E-state index in [0.717, 1.165) is 22.0 Å². The van der Waals surface area contributed by atoms with Gasteiger partial charge in [-0.2, -0.15) is 5.10 Å². The zero-order valence-electron chi connectivity index (χ0n) is 12.5. The van der Waals surface area contributed by atoms with Gasteiger partial charge in [0, 0.05) is 18.5 Å². The van der Waals surface area contributed by atoms with Crippen LogP contribution in [-0.4, -0.2) is 39.9 Å².